The van der Waals surface area contributed by atoms with E-state index in [9.17, 15) is 9.59 Å². The molecule has 0 aliphatic rings. The Labute approximate surface area is 179 Å². The molecular formula is C24H34N2O4. The van der Waals surface area contributed by atoms with Crippen molar-refractivity contribution in [3.8, 4) is 0 Å². The number of unbranched alkanes of at least 4 members (excludes halogenated alkanes) is 2. The summed E-state index contributed by atoms with van der Waals surface area (Å²) >= 11 is 0. The Balaban J connectivity index is 2.03. The fraction of sp³-hybridized carbons (Fsp3) is 0.500. The topological polar surface area (TPSA) is 63.0 Å². The van der Waals surface area contributed by atoms with Crippen LogP contribution in [-0.4, -0.2) is 55.0 Å². The van der Waals surface area contributed by atoms with Crippen molar-refractivity contribution in [2.45, 2.75) is 45.6 Å². The molecule has 0 radical (unpaired) electrons. The number of benzene rings is 1. The zero-order valence-corrected chi connectivity index (χ0v) is 18.2. The van der Waals surface area contributed by atoms with Crippen LogP contribution < -0.4 is 0 Å². The van der Waals surface area contributed by atoms with Gasteiger partial charge in [0.2, 0.25) is 11.8 Å². The molecule has 1 aromatic heterocycles. The number of hydrogen-bond donors (Lipinski definition) is 0. The molecule has 0 bridgehead atoms. The predicted molar refractivity (Wildman–Crippen MR) is 117 cm³/mol. The van der Waals surface area contributed by atoms with Crippen LogP contribution in [0, 0.1) is 0 Å². The summed E-state index contributed by atoms with van der Waals surface area (Å²) in [5.74, 6) is 0.659. The Hall–Kier alpha value is -2.60. The Morgan fingerprint density at radius 3 is 2.43 bits per heavy atom. The molecule has 30 heavy (non-hydrogen) atoms. The second kappa shape index (κ2) is 13.6. The maximum Gasteiger partial charge on any atom is 0.242 e. The van der Waals surface area contributed by atoms with E-state index >= 15 is 0 Å². The number of amides is 2. The average molecular weight is 415 g/mol. The molecule has 0 unspecified atom stereocenters. The van der Waals surface area contributed by atoms with Crippen LogP contribution >= 0.6 is 0 Å². The molecule has 0 atom stereocenters. The molecule has 0 N–H and O–H groups in total. The van der Waals surface area contributed by atoms with Crippen LogP contribution in [0.25, 0.3) is 0 Å². The maximum absolute atomic E-state index is 13.1. The van der Waals surface area contributed by atoms with E-state index in [0.717, 1.165) is 31.4 Å². The van der Waals surface area contributed by atoms with Gasteiger partial charge in [-0.25, -0.2) is 0 Å². The molecule has 164 valence electrons. The summed E-state index contributed by atoms with van der Waals surface area (Å²) in [6, 6.07) is 13.8. The summed E-state index contributed by atoms with van der Waals surface area (Å²) in [6.07, 6.45) is 5.73. The molecular weight excluding hydrogens is 380 g/mol. The van der Waals surface area contributed by atoms with Crippen LogP contribution in [0.15, 0.2) is 53.1 Å². The van der Waals surface area contributed by atoms with Crippen LogP contribution in [-0.2, 0) is 27.3 Å². The lowest BCUT2D eigenvalue weighted by atomic mass is 10.1. The Bertz CT molecular complexity index is 731. The summed E-state index contributed by atoms with van der Waals surface area (Å²) in [6.45, 7) is 3.95. The van der Waals surface area contributed by atoms with E-state index in [1.165, 1.54) is 5.56 Å². The minimum atomic E-state index is -0.0812. The quantitative estimate of drug-likeness (QED) is 0.440. The van der Waals surface area contributed by atoms with Gasteiger partial charge >= 0.3 is 0 Å². The largest absolute Gasteiger partial charge is 0.467 e. The lowest BCUT2D eigenvalue weighted by molar-refractivity contribution is -0.141. The molecule has 0 aliphatic heterocycles. The summed E-state index contributed by atoms with van der Waals surface area (Å²) in [4.78, 5) is 29.2. The molecule has 6 nitrogen and oxygen atoms in total. The number of nitrogens with zero attached hydrogens (tertiary/aromatic N) is 2. The van der Waals surface area contributed by atoms with Crippen LogP contribution in [0.5, 0.6) is 0 Å². The molecule has 0 fully saturated rings. The summed E-state index contributed by atoms with van der Waals surface area (Å²) < 4.78 is 10.6. The van der Waals surface area contributed by atoms with Crippen molar-refractivity contribution in [1.82, 2.24) is 9.80 Å². The highest BCUT2D eigenvalue weighted by molar-refractivity contribution is 5.84. The van der Waals surface area contributed by atoms with E-state index in [1.807, 2.05) is 30.3 Å². The summed E-state index contributed by atoms with van der Waals surface area (Å²) in [5.41, 5.74) is 1.17. The monoisotopic (exact) mass is 414 g/mol. The average Bonchev–Trinajstić information content (AvgIpc) is 3.28. The van der Waals surface area contributed by atoms with Crippen LogP contribution in [0.1, 0.15) is 43.9 Å². The van der Waals surface area contributed by atoms with Gasteiger partial charge in [-0.2, -0.15) is 0 Å². The molecule has 2 rings (SSSR count). The number of furan rings is 1. The third-order valence-electron chi connectivity index (χ3n) is 5.03. The van der Waals surface area contributed by atoms with Crippen molar-refractivity contribution in [3.63, 3.8) is 0 Å². The zero-order chi connectivity index (χ0) is 21.6. The predicted octanol–water partition coefficient (Wildman–Crippen LogP) is 3.91. The number of carbonyl (C=O) groups is 2. The molecule has 2 aromatic rings. The molecule has 0 saturated carbocycles. The summed E-state index contributed by atoms with van der Waals surface area (Å²) in [5, 5.41) is 0. The Morgan fingerprint density at radius 2 is 1.77 bits per heavy atom. The van der Waals surface area contributed by atoms with Crippen molar-refractivity contribution in [2.75, 3.05) is 33.4 Å². The van der Waals surface area contributed by atoms with Gasteiger partial charge in [0, 0.05) is 26.6 Å². The van der Waals surface area contributed by atoms with Gasteiger partial charge in [0.25, 0.3) is 0 Å². The first kappa shape index (κ1) is 23.7. The molecule has 1 aromatic carbocycles. The normalized spacial score (nSPS) is 10.7. The highest BCUT2D eigenvalue weighted by atomic mass is 16.5. The highest BCUT2D eigenvalue weighted by Crippen LogP contribution is 2.10. The third-order valence-corrected chi connectivity index (χ3v) is 5.03. The van der Waals surface area contributed by atoms with Gasteiger partial charge in [-0.1, -0.05) is 50.1 Å². The molecule has 1 heterocycles. The van der Waals surface area contributed by atoms with E-state index in [-0.39, 0.29) is 18.4 Å². The van der Waals surface area contributed by atoms with Gasteiger partial charge in [0.1, 0.15) is 5.76 Å². The van der Waals surface area contributed by atoms with Crippen molar-refractivity contribution < 1.29 is 18.7 Å². The number of hydrogen-bond acceptors (Lipinski definition) is 4. The van der Waals surface area contributed by atoms with Gasteiger partial charge in [-0.3, -0.25) is 9.59 Å². The highest BCUT2D eigenvalue weighted by Gasteiger charge is 2.22. The standard InChI is InChI=1S/C24H34N2O4/c1-3-4-6-13-23(27)26(16-18-29-2)20-24(28)25(19-22-12-9-17-30-22)15-14-21-10-7-5-8-11-21/h5,7-12,17H,3-4,6,13-16,18-20H2,1-2H3. The van der Waals surface area contributed by atoms with Crippen molar-refractivity contribution >= 4 is 11.8 Å². The second-order valence-corrected chi connectivity index (χ2v) is 7.40. The smallest absolute Gasteiger partial charge is 0.242 e. The second-order valence-electron chi connectivity index (χ2n) is 7.40. The van der Waals surface area contributed by atoms with E-state index in [2.05, 4.69) is 19.1 Å². The van der Waals surface area contributed by atoms with Gasteiger partial charge in [-0.05, 0) is 30.5 Å². The maximum atomic E-state index is 13.1. The molecule has 0 spiro atoms. The first-order valence-electron chi connectivity index (χ1n) is 10.7. The minimum absolute atomic E-state index is 0.00913. The Morgan fingerprint density at radius 1 is 0.967 bits per heavy atom. The van der Waals surface area contributed by atoms with E-state index in [0.29, 0.717) is 32.7 Å². The third kappa shape index (κ3) is 8.41. The summed E-state index contributed by atoms with van der Waals surface area (Å²) in [7, 11) is 1.60. The molecule has 0 saturated heterocycles. The van der Waals surface area contributed by atoms with Crippen LogP contribution in [0.3, 0.4) is 0 Å². The number of carbonyl (C=O) groups excluding carboxylic acids is 2. The van der Waals surface area contributed by atoms with Crippen molar-refractivity contribution in [3.05, 3.63) is 60.1 Å². The molecule has 0 aliphatic carbocycles. The van der Waals surface area contributed by atoms with Gasteiger partial charge in [-0.15, -0.1) is 0 Å². The van der Waals surface area contributed by atoms with E-state index in [1.54, 1.807) is 23.2 Å². The first-order valence-corrected chi connectivity index (χ1v) is 10.7. The lowest BCUT2D eigenvalue weighted by Gasteiger charge is -2.27. The van der Waals surface area contributed by atoms with Crippen LogP contribution in [0.2, 0.25) is 0 Å². The fourth-order valence-electron chi connectivity index (χ4n) is 3.23. The van der Waals surface area contributed by atoms with Crippen LogP contribution in [0.4, 0.5) is 0 Å². The van der Waals surface area contributed by atoms with Crippen molar-refractivity contribution in [1.29, 1.82) is 0 Å². The number of methoxy groups -OCH3 is 1. The molecule has 2 amide bonds. The first-order chi connectivity index (χ1) is 14.6. The van der Waals surface area contributed by atoms with Gasteiger partial charge in [0.15, 0.2) is 0 Å². The van der Waals surface area contributed by atoms with E-state index < -0.39 is 0 Å². The van der Waals surface area contributed by atoms with Gasteiger partial charge in [0.05, 0.1) is 26.0 Å². The SMILES string of the molecule is CCCCCC(=O)N(CCOC)CC(=O)N(CCc1ccccc1)Cc1ccco1. The minimum Gasteiger partial charge on any atom is -0.467 e. The fourth-order valence-corrected chi connectivity index (χ4v) is 3.23. The molecule has 6 heteroatoms. The van der Waals surface area contributed by atoms with E-state index in [4.69, 9.17) is 9.15 Å². The number of ether oxygens (including phenoxy) is 1. The van der Waals surface area contributed by atoms with Crippen molar-refractivity contribution in [2.24, 2.45) is 0 Å². The zero-order valence-electron chi connectivity index (χ0n) is 18.2. The lowest BCUT2D eigenvalue weighted by Crippen LogP contribution is -2.44. The van der Waals surface area contributed by atoms with Gasteiger partial charge < -0.3 is 19.0 Å². The number of rotatable bonds is 14. The Kier molecular flexibility index (Phi) is 10.7.